The number of halogens is 2. The monoisotopic (exact) mass is 482 g/mol. The number of pyridine rings is 1. The number of nitriles is 1. The Kier molecular flexibility index (Phi) is 5.31. The van der Waals surface area contributed by atoms with Crippen LogP contribution in [0.1, 0.15) is 18.4 Å². The van der Waals surface area contributed by atoms with Crippen molar-refractivity contribution in [3.63, 3.8) is 0 Å². The second-order valence-electron chi connectivity index (χ2n) is 9.47. The summed E-state index contributed by atoms with van der Waals surface area (Å²) in [5.41, 5.74) is 3.39. The number of piperidine rings is 1. The predicted molar refractivity (Wildman–Crippen MR) is 135 cm³/mol. The average Bonchev–Trinajstić information content (AvgIpc) is 3.46. The van der Waals surface area contributed by atoms with E-state index >= 15 is 4.39 Å². The minimum absolute atomic E-state index is 0.0138. The third kappa shape index (κ3) is 3.73. The molecular formula is C28H24F2N6. The molecule has 0 unspecified atom stereocenters. The highest BCUT2D eigenvalue weighted by molar-refractivity contribution is 6.02. The molecule has 36 heavy (non-hydrogen) atoms. The maximum Gasteiger partial charge on any atom is 0.141 e. The van der Waals surface area contributed by atoms with Crippen LogP contribution in [0.4, 0.5) is 8.78 Å². The van der Waals surface area contributed by atoms with Gasteiger partial charge in [0.2, 0.25) is 0 Å². The van der Waals surface area contributed by atoms with Crippen molar-refractivity contribution in [3.8, 4) is 28.5 Å². The molecule has 1 aliphatic heterocycles. The van der Waals surface area contributed by atoms with Crippen molar-refractivity contribution >= 4 is 21.8 Å². The van der Waals surface area contributed by atoms with Crippen molar-refractivity contribution in [2.24, 2.45) is 7.05 Å². The summed E-state index contributed by atoms with van der Waals surface area (Å²) in [5, 5.41) is 18.6. The normalized spacial score (nSPS) is 15.4. The van der Waals surface area contributed by atoms with Gasteiger partial charge in [0, 0.05) is 35.1 Å². The lowest BCUT2D eigenvalue weighted by atomic mass is 9.94. The molecule has 1 saturated heterocycles. The highest BCUT2D eigenvalue weighted by Gasteiger charge is 2.32. The molecule has 0 aliphatic carbocycles. The van der Waals surface area contributed by atoms with Crippen molar-refractivity contribution in [3.05, 3.63) is 72.4 Å². The Bertz CT molecular complexity index is 1650. The first-order valence-corrected chi connectivity index (χ1v) is 12.0. The molecule has 0 spiro atoms. The van der Waals surface area contributed by atoms with Crippen molar-refractivity contribution in [1.29, 1.82) is 5.26 Å². The quantitative estimate of drug-likeness (QED) is 0.374. The molecule has 0 atom stereocenters. The fourth-order valence-corrected chi connectivity index (χ4v) is 5.22. The van der Waals surface area contributed by atoms with Gasteiger partial charge in [0.1, 0.15) is 17.6 Å². The zero-order valence-electron chi connectivity index (χ0n) is 19.8. The van der Waals surface area contributed by atoms with E-state index in [0.29, 0.717) is 37.2 Å². The van der Waals surface area contributed by atoms with Gasteiger partial charge in [-0.1, -0.05) is 12.1 Å². The van der Waals surface area contributed by atoms with Crippen molar-refractivity contribution in [2.45, 2.75) is 25.1 Å². The number of aryl methyl sites for hydroxylation is 1. The summed E-state index contributed by atoms with van der Waals surface area (Å²) < 4.78 is 34.0. The molecule has 2 aromatic carbocycles. The minimum atomic E-state index is -1.29. The van der Waals surface area contributed by atoms with Crippen LogP contribution in [0.2, 0.25) is 0 Å². The van der Waals surface area contributed by atoms with Gasteiger partial charge in [-0.25, -0.2) is 8.78 Å². The summed E-state index contributed by atoms with van der Waals surface area (Å²) in [6.07, 6.45) is 6.36. The molecule has 3 aromatic heterocycles. The van der Waals surface area contributed by atoms with E-state index in [4.69, 9.17) is 4.98 Å². The average molecular weight is 483 g/mol. The first kappa shape index (κ1) is 22.4. The SMILES string of the molecule is Cn1ncc2cc(-c3ncc4c(ccn4CC4(F)CCNCC4)c3-c3ccc(C#N)c(F)c3)ccc21. The largest absolute Gasteiger partial charge is 0.343 e. The minimum Gasteiger partial charge on any atom is -0.343 e. The number of fused-ring (bicyclic) bond motifs is 2. The zero-order chi connectivity index (χ0) is 24.9. The molecule has 6 rings (SSSR count). The van der Waals surface area contributed by atoms with E-state index in [1.807, 2.05) is 48.1 Å². The molecule has 0 amide bonds. The molecule has 1 aliphatic rings. The van der Waals surface area contributed by atoms with Crippen LogP contribution in [-0.4, -0.2) is 38.1 Å². The number of nitrogens with zero attached hydrogens (tertiary/aromatic N) is 5. The Morgan fingerprint density at radius 1 is 1.06 bits per heavy atom. The summed E-state index contributed by atoms with van der Waals surface area (Å²) in [7, 11) is 1.89. The molecule has 180 valence electrons. The molecule has 4 heterocycles. The lowest BCUT2D eigenvalue weighted by molar-refractivity contribution is 0.0955. The van der Waals surface area contributed by atoms with E-state index < -0.39 is 11.5 Å². The van der Waals surface area contributed by atoms with Crippen LogP contribution in [0.3, 0.4) is 0 Å². The third-order valence-corrected chi connectivity index (χ3v) is 7.18. The predicted octanol–water partition coefficient (Wildman–Crippen LogP) is 5.36. The number of nitrogens with one attached hydrogen (secondary N) is 1. The zero-order valence-corrected chi connectivity index (χ0v) is 19.8. The molecule has 0 saturated carbocycles. The van der Waals surface area contributed by atoms with Crippen molar-refractivity contribution in [2.75, 3.05) is 13.1 Å². The van der Waals surface area contributed by atoms with E-state index in [1.165, 1.54) is 12.1 Å². The van der Waals surface area contributed by atoms with E-state index in [9.17, 15) is 9.65 Å². The fraction of sp³-hybridized carbons (Fsp3) is 0.250. The second-order valence-corrected chi connectivity index (χ2v) is 9.47. The van der Waals surface area contributed by atoms with Gasteiger partial charge < -0.3 is 9.88 Å². The summed E-state index contributed by atoms with van der Waals surface area (Å²) in [5.74, 6) is -0.586. The van der Waals surface area contributed by atoms with Crippen LogP contribution in [0.5, 0.6) is 0 Å². The summed E-state index contributed by atoms with van der Waals surface area (Å²) in [6.45, 7) is 1.55. The summed E-state index contributed by atoms with van der Waals surface area (Å²) in [6, 6.07) is 14.4. The van der Waals surface area contributed by atoms with E-state index in [0.717, 1.165) is 32.9 Å². The van der Waals surface area contributed by atoms with Crippen LogP contribution in [0.25, 0.3) is 44.2 Å². The smallest absolute Gasteiger partial charge is 0.141 e. The van der Waals surface area contributed by atoms with Crippen molar-refractivity contribution in [1.82, 2.24) is 24.6 Å². The standard InChI is InChI=1S/C28H24F2N6/c1-35-24-5-4-19(12-21(24)15-34-35)27-26(18-2-3-20(14-31)23(29)13-18)22-6-11-36(25(22)16-33-27)17-28(30)7-9-32-10-8-28/h2-6,11-13,15-16,32H,7-10,17H2,1H3. The van der Waals surface area contributed by atoms with Crippen LogP contribution in [0, 0.1) is 17.1 Å². The lowest BCUT2D eigenvalue weighted by Gasteiger charge is -2.30. The highest BCUT2D eigenvalue weighted by Crippen LogP contribution is 2.39. The van der Waals surface area contributed by atoms with Gasteiger partial charge in [0.25, 0.3) is 0 Å². The Hall–Kier alpha value is -4.09. The number of benzene rings is 2. The van der Waals surface area contributed by atoms with Gasteiger partial charge in [-0.05, 0) is 61.8 Å². The molecule has 1 N–H and O–H groups in total. The lowest BCUT2D eigenvalue weighted by Crippen LogP contribution is -2.41. The molecule has 8 heteroatoms. The topological polar surface area (TPSA) is 71.5 Å². The summed E-state index contributed by atoms with van der Waals surface area (Å²) in [4.78, 5) is 4.82. The molecule has 6 nitrogen and oxygen atoms in total. The number of alkyl halides is 1. The van der Waals surface area contributed by atoms with Gasteiger partial charge in [-0.2, -0.15) is 10.4 Å². The van der Waals surface area contributed by atoms with Crippen LogP contribution < -0.4 is 5.32 Å². The fourth-order valence-electron chi connectivity index (χ4n) is 5.22. The molecule has 1 fully saturated rings. The third-order valence-electron chi connectivity index (χ3n) is 7.18. The van der Waals surface area contributed by atoms with Crippen LogP contribution in [-0.2, 0) is 13.6 Å². The number of aromatic nitrogens is 4. The van der Waals surface area contributed by atoms with E-state index in [-0.39, 0.29) is 12.1 Å². The van der Waals surface area contributed by atoms with E-state index in [1.54, 1.807) is 23.1 Å². The Balaban J connectivity index is 1.55. The molecule has 0 bridgehead atoms. The van der Waals surface area contributed by atoms with Crippen LogP contribution >= 0.6 is 0 Å². The molecule has 0 radical (unpaired) electrons. The maximum absolute atomic E-state index is 15.5. The molecular weight excluding hydrogens is 458 g/mol. The molecule has 5 aromatic rings. The number of hydrogen-bond acceptors (Lipinski definition) is 4. The van der Waals surface area contributed by atoms with Gasteiger partial charge in [-0.3, -0.25) is 9.67 Å². The highest BCUT2D eigenvalue weighted by atomic mass is 19.1. The van der Waals surface area contributed by atoms with Gasteiger partial charge in [-0.15, -0.1) is 0 Å². The summed E-state index contributed by atoms with van der Waals surface area (Å²) >= 11 is 0. The maximum atomic E-state index is 15.5. The van der Waals surface area contributed by atoms with E-state index in [2.05, 4.69) is 10.4 Å². The Morgan fingerprint density at radius 2 is 1.86 bits per heavy atom. The van der Waals surface area contributed by atoms with Gasteiger partial charge >= 0.3 is 0 Å². The van der Waals surface area contributed by atoms with Gasteiger partial charge in [0.05, 0.1) is 41.2 Å². The van der Waals surface area contributed by atoms with Crippen LogP contribution in [0.15, 0.2) is 61.1 Å². The number of rotatable bonds is 4. The van der Waals surface area contributed by atoms with Gasteiger partial charge in [0.15, 0.2) is 0 Å². The Morgan fingerprint density at radius 3 is 2.64 bits per heavy atom. The first-order valence-electron chi connectivity index (χ1n) is 12.0. The Labute approximate surface area is 206 Å². The van der Waals surface area contributed by atoms with Crippen molar-refractivity contribution < 1.29 is 8.78 Å². The second kappa shape index (κ2) is 8.54. The first-order chi connectivity index (χ1) is 17.5. The number of hydrogen-bond donors (Lipinski definition) is 1.